The minimum absolute atomic E-state index is 0.00615. The topological polar surface area (TPSA) is 61.9 Å². The molecule has 0 saturated carbocycles. The number of nitrogens with zero attached hydrogens (tertiary/aromatic N) is 2. The lowest BCUT2D eigenvalue weighted by molar-refractivity contribution is -0.137. The van der Waals surface area contributed by atoms with Crippen LogP contribution < -0.4 is 10.1 Å². The van der Waals surface area contributed by atoms with Gasteiger partial charge >= 0.3 is 6.18 Å². The average molecular weight is 526 g/mol. The molecule has 9 heteroatoms. The molecule has 0 radical (unpaired) electrons. The molecule has 4 rings (SSSR count). The van der Waals surface area contributed by atoms with Gasteiger partial charge < -0.3 is 15.0 Å². The van der Waals surface area contributed by atoms with E-state index in [2.05, 4.69) is 5.32 Å². The molecule has 0 spiro atoms. The zero-order chi connectivity index (χ0) is 27.0. The van der Waals surface area contributed by atoms with Crippen LogP contribution in [0.3, 0.4) is 0 Å². The van der Waals surface area contributed by atoms with Gasteiger partial charge in [0.05, 0.1) is 24.2 Å². The first-order valence-corrected chi connectivity index (χ1v) is 12.5. The molecule has 1 N–H and O–H groups in total. The van der Waals surface area contributed by atoms with E-state index >= 15 is 0 Å². The summed E-state index contributed by atoms with van der Waals surface area (Å²) in [6, 6.07) is 22.2. The summed E-state index contributed by atoms with van der Waals surface area (Å²) in [6.07, 6.45) is -3.62. The minimum Gasteiger partial charge on any atom is -0.489 e. The van der Waals surface area contributed by atoms with E-state index in [1.807, 2.05) is 59.5 Å². The Morgan fingerprint density at radius 3 is 2.26 bits per heavy atom. The Morgan fingerprint density at radius 2 is 1.53 bits per heavy atom. The van der Waals surface area contributed by atoms with E-state index in [9.17, 15) is 22.8 Å². The molecule has 1 saturated heterocycles. The molecule has 1 fully saturated rings. The van der Waals surface area contributed by atoms with Crippen molar-refractivity contribution >= 4 is 17.5 Å². The molecule has 0 atom stereocenters. The highest BCUT2D eigenvalue weighted by Crippen LogP contribution is 2.34. The van der Waals surface area contributed by atoms with Crippen LogP contribution in [0.15, 0.2) is 78.9 Å². The van der Waals surface area contributed by atoms with Crippen LogP contribution in [0.25, 0.3) is 0 Å². The normalized spacial score (nSPS) is 14.6. The maximum absolute atomic E-state index is 13.2. The summed E-state index contributed by atoms with van der Waals surface area (Å²) in [7, 11) is 0. The quantitative estimate of drug-likeness (QED) is 0.450. The third kappa shape index (κ3) is 7.82. The summed E-state index contributed by atoms with van der Waals surface area (Å²) in [6.45, 7) is 2.47. The van der Waals surface area contributed by atoms with Crippen LogP contribution in [-0.2, 0) is 28.8 Å². The number of carbonyl (C=O) groups is 2. The second-order valence-corrected chi connectivity index (χ2v) is 9.20. The lowest BCUT2D eigenvalue weighted by Crippen LogP contribution is -2.38. The number of amides is 2. The fourth-order valence-electron chi connectivity index (χ4n) is 4.34. The van der Waals surface area contributed by atoms with E-state index in [-0.39, 0.29) is 24.6 Å². The van der Waals surface area contributed by atoms with Crippen molar-refractivity contribution in [1.82, 2.24) is 9.80 Å². The summed E-state index contributed by atoms with van der Waals surface area (Å²) in [5, 5.41) is 2.38. The molecule has 0 aliphatic carbocycles. The number of halogens is 3. The van der Waals surface area contributed by atoms with Crippen molar-refractivity contribution in [3.63, 3.8) is 0 Å². The lowest BCUT2D eigenvalue weighted by atomic mass is 10.1. The number of ether oxygens (including phenoxy) is 1. The van der Waals surface area contributed by atoms with Crippen molar-refractivity contribution in [3.05, 3.63) is 95.6 Å². The molecule has 1 aliphatic rings. The van der Waals surface area contributed by atoms with Crippen molar-refractivity contribution in [3.8, 4) is 5.75 Å². The summed E-state index contributed by atoms with van der Waals surface area (Å²) in [4.78, 5) is 29.0. The van der Waals surface area contributed by atoms with Crippen molar-refractivity contribution in [2.75, 3.05) is 38.0 Å². The molecule has 2 amide bonds. The molecule has 0 bridgehead atoms. The molecule has 1 aliphatic heterocycles. The zero-order valence-corrected chi connectivity index (χ0v) is 20.9. The number of rotatable bonds is 8. The second kappa shape index (κ2) is 12.6. The van der Waals surface area contributed by atoms with Gasteiger partial charge in [-0.25, -0.2) is 0 Å². The Hall–Kier alpha value is -3.85. The summed E-state index contributed by atoms with van der Waals surface area (Å²) >= 11 is 0. The van der Waals surface area contributed by atoms with E-state index < -0.39 is 17.6 Å². The Balaban J connectivity index is 1.24. The van der Waals surface area contributed by atoms with Crippen LogP contribution >= 0.6 is 0 Å². The Labute approximate surface area is 220 Å². The van der Waals surface area contributed by atoms with Crippen LogP contribution in [0.1, 0.15) is 23.1 Å². The molecule has 6 nitrogen and oxygen atoms in total. The Bertz CT molecular complexity index is 1220. The highest BCUT2D eigenvalue weighted by atomic mass is 19.4. The van der Waals surface area contributed by atoms with Crippen LogP contribution in [-0.4, -0.2) is 54.3 Å². The van der Waals surface area contributed by atoms with Gasteiger partial charge in [-0.05, 0) is 41.8 Å². The molecule has 38 heavy (non-hydrogen) atoms. The molecule has 0 unspecified atom stereocenters. The van der Waals surface area contributed by atoms with E-state index in [1.54, 1.807) is 4.90 Å². The van der Waals surface area contributed by atoms with Gasteiger partial charge in [0.1, 0.15) is 12.4 Å². The van der Waals surface area contributed by atoms with Crippen LogP contribution in [0, 0.1) is 0 Å². The first-order chi connectivity index (χ1) is 18.3. The third-order valence-electron chi connectivity index (χ3n) is 6.34. The molecule has 200 valence electrons. The zero-order valence-electron chi connectivity index (χ0n) is 20.9. The van der Waals surface area contributed by atoms with E-state index in [0.29, 0.717) is 39.2 Å². The predicted octanol–water partition coefficient (Wildman–Crippen LogP) is 5.00. The van der Waals surface area contributed by atoms with Crippen molar-refractivity contribution in [2.24, 2.45) is 0 Å². The first kappa shape index (κ1) is 27.2. The second-order valence-electron chi connectivity index (χ2n) is 9.20. The number of hydrogen-bond acceptors (Lipinski definition) is 4. The molecule has 3 aromatic carbocycles. The highest BCUT2D eigenvalue weighted by molar-refractivity contribution is 5.93. The van der Waals surface area contributed by atoms with E-state index in [0.717, 1.165) is 22.9 Å². The summed E-state index contributed by atoms with van der Waals surface area (Å²) in [5.74, 6) is 0.205. The minimum atomic E-state index is -4.55. The standard InChI is InChI=1S/C29H30F3N3O3/c30-29(31,32)25-9-4-5-10-26(25)33-27(36)20-34-15-6-16-35(18-17-34)28(37)19-22-11-13-24(14-12-22)38-21-23-7-2-1-3-8-23/h1-5,7-14H,6,15-21H2,(H,33,36). The van der Waals surface area contributed by atoms with Crippen LogP contribution in [0.2, 0.25) is 0 Å². The maximum atomic E-state index is 13.2. The fourth-order valence-corrected chi connectivity index (χ4v) is 4.34. The number of carbonyl (C=O) groups excluding carboxylic acids is 2. The van der Waals surface area contributed by atoms with Gasteiger partial charge in [0, 0.05) is 26.2 Å². The summed E-state index contributed by atoms with van der Waals surface area (Å²) < 4.78 is 45.4. The number of para-hydroxylation sites is 1. The number of anilines is 1. The maximum Gasteiger partial charge on any atom is 0.418 e. The van der Waals surface area contributed by atoms with Gasteiger partial charge in [0.15, 0.2) is 0 Å². The largest absolute Gasteiger partial charge is 0.489 e. The van der Waals surface area contributed by atoms with E-state index in [1.165, 1.54) is 18.2 Å². The van der Waals surface area contributed by atoms with Crippen LogP contribution in [0.4, 0.5) is 18.9 Å². The van der Waals surface area contributed by atoms with Crippen molar-refractivity contribution < 1.29 is 27.5 Å². The molecule has 3 aromatic rings. The molecule has 0 aromatic heterocycles. The molecule has 1 heterocycles. The highest BCUT2D eigenvalue weighted by Gasteiger charge is 2.33. The van der Waals surface area contributed by atoms with Gasteiger partial charge in [-0.1, -0.05) is 54.6 Å². The average Bonchev–Trinajstić information content (AvgIpc) is 3.14. The number of hydrogen-bond donors (Lipinski definition) is 1. The lowest BCUT2D eigenvalue weighted by Gasteiger charge is -2.22. The smallest absolute Gasteiger partial charge is 0.418 e. The van der Waals surface area contributed by atoms with Crippen molar-refractivity contribution in [1.29, 1.82) is 0 Å². The summed E-state index contributed by atoms with van der Waals surface area (Å²) in [5.41, 5.74) is 0.821. The van der Waals surface area contributed by atoms with Gasteiger partial charge in [0.2, 0.25) is 11.8 Å². The van der Waals surface area contributed by atoms with Gasteiger partial charge in [-0.15, -0.1) is 0 Å². The van der Waals surface area contributed by atoms with Gasteiger partial charge in [-0.3, -0.25) is 14.5 Å². The van der Waals surface area contributed by atoms with Gasteiger partial charge in [-0.2, -0.15) is 13.2 Å². The number of alkyl halides is 3. The first-order valence-electron chi connectivity index (χ1n) is 12.5. The monoisotopic (exact) mass is 525 g/mol. The predicted molar refractivity (Wildman–Crippen MR) is 139 cm³/mol. The third-order valence-corrected chi connectivity index (χ3v) is 6.34. The number of benzene rings is 3. The van der Waals surface area contributed by atoms with E-state index in [4.69, 9.17) is 4.74 Å². The Kier molecular flexibility index (Phi) is 9.02. The van der Waals surface area contributed by atoms with Gasteiger partial charge in [0.25, 0.3) is 0 Å². The van der Waals surface area contributed by atoms with Crippen molar-refractivity contribution in [2.45, 2.75) is 25.6 Å². The molecular formula is C29H30F3N3O3. The fraction of sp³-hybridized carbons (Fsp3) is 0.310. The van der Waals surface area contributed by atoms with Crippen LogP contribution in [0.5, 0.6) is 5.75 Å². The molecular weight excluding hydrogens is 495 g/mol. The SMILES string of the molecule is O=C(CN1CCCN(C(=O)Cc2ccc(OCc3ccccc3)cc2)CC1)Nc1ccccc1C(F)(F)F. The Morgan fingerprint density at radius 1 is 0.816 bits per heavy atom. The number of nitrogens with one attached hydrogen (secondary N) is 1.